The Morgan fingerprint density at radius 2 is 0.791 bits per heavy atom. The predicted molar refractivity (Wildman–Crippen MR) is 188 cm³/mol. The zero-order valence-electron chi connectivity index (χ0n) is 23.4. The second kappa shape index (κ2) is 9.66. The van der Waals surface area contributed by atoms with Crippen LogP contribution in [0.1, 0.15) is 0 Å². The average molecular weight is 563 g/mol. The fraction of sp³-hybridized carbons (Fsp3) is 0. The number of hydrogen-bond donors (Lipinski definition) is 0. The van der Waals surface area contributed by atoms with Gasteiger partial charge in [-0.1, -0.05) is 127 Å². The largest absolute Gasteiger partial charge is 0.135 e. The van der Waals surface area contributed by atoms with E-state index in [9.17, 15) is 0 Å². The van der Waals surface area contributed by atoms with Gasteiger partial charge in [-0.2, -0.15) is 0 Å². The van der Waals surface area contributed by atoms with Gasteiger partial charge in [0.05, 0.1) is 0 Å². The van der Waals surface area contributed by atoms with Gasteiger partial charge in [-0.05, 0) is 90.6 Å². The Bertz CT molecular complexity index is 2500. The van der Waals surface area contributed by atoms with E-state index in [-0.39, 0.29) is 0 Å². The molecule has 0 aliphatic carbocycles. The lowest BCUT2D eigenvalue weighted by molar-refractivity contribution is 1.62. The highest BCUT2D eigenvalue weighted by atomic mass is 32.1. The van der Waals surface area contributed by atoms with Crippen LogP contribution in [-0.2, 0) is 0 Å². The molecule has 9 rings (SSSR count). The molecule has 0 radical (unpaired) electrons. The van der Waals surface area contributed by atoms with Crippen LogP contribution >= 0.6 is 11.3 Å². The number of benzene rings is 8. The fourth-order valence-corrected chi connectivity index (χ4v) is 7.82. The van der Waals surface area contributed by atoms with Gasteiger partial charge < -0.3 is 0 Å². The Morgan fingerprint density at radius 1 is 0.302 bits per heavy atom. The molecular formula is C42H26S. The first-order valence-electron chi connectivity index (χ1n) is 14.8. The monoisotopic (exact) mass is 562 g/mol. The lowest BCUT2D eigenvalue weighted by atomic mass is 9.93. The van der Waals surface area contributed by atoms with Crippen molar-refractivity contribution < 1.29 is 0 Å². The van der Waals surface area contributed by atoms with Gasteiger partial charge >= 0.3 is 0 Å². The minimum Gasteiger partial charge on any atom is -0.135 e. The van der Waals surface area contributed by atoms with E-state index in [0.717, 1.165) is 0 Å². The van der Waals surface area contributed by atoms with Crippen molar-refractivity contribution in [3.05, 3.63) is 158 Å². The summed E-state index contributed by atoms with van der Waals surface area (Å²) in [4.78, 5) is 0. The third kappa shape index (κ3) is 4.05. The van der Waals surface area contributed by atoms with E-state index in [0.29, 0.717) is 0 Å². The van der Waals surface area contributed by atoms with Crippen molar-refractivity contribution in [2.75, 3.05) is 0 Å². The first-order chi connectivity index (χ1) is 21.3. The summed E-state index contributed by atoms with van der Waals surface area (Å²) in [5, 5.41) is 10.4. The van der Waals surface area contributed by atoms with Crippen molar-refractivity contribution in [2.24, 2.45) is 0 Å². The molecule has 1 heteroatoms. The van der Waals surface area contributed by atoms with Crippen molar-refractivity contribution in [1.82, 2.24) is 0 Å². The molecule has 0 aliphatic heterocycles. The molecule has 0 unspecified atom stereocenters. The maximum atomic E-state index is 2.40. The normalized spacial score (nSPS) is 11.7. The van der Waals surface area contributed by atoms with E-state index in [1.165, 1.54) is 85.9 Å². The van der Waals surface area contributed by atoms with Crippen molar-refractivity contribution in [3.8, 4) is 33.4 Å². The number of fused-ring (bicyclic) bond motifs is 7. The molecule has 0 aliphatic rings. The van der Waals surface area contributed by atoms with Gasteiger partial charge in [-0.3, -0.25) is 0 Å². The van der Waals surface area contributed by atoms with Gasteiger partial charge in [0.25, 0.3) is 0 Å². The van der Waals surface area contributed by atoms with Crippen LogP contribution in [-0.4, -0.2) is 0 Å². The zero-order valence-corrected chi connectivity index (χ0v) is 24.2. The third-order valence-corrected chi connectivity index (χ3v) is 10.1. The second-order valence-corrected chi connectivity index (χ2v) is 12.4. The summed E-state index contributed by atoms with van der Waals surface area (Å²) >= 11 is 1.90. The van der Waals surface area contributed by atoms with Crippen LogP contribution in [0.5, 0.6) is 0 Å². The first kappa shape index (κ1) is 24.4. The van der Waals surface area contributed by atoms with Crippen LogP contribution in [0.15, 0.2) is 158 Å². The maximum absolute atomic E-state index is 2.40. The topological polar surface area (TPSA) is 0 Å². The maximum Gasteiger partial charge on any atom is 0.0434 e. The molecule has 43 heavy (non-hydrogen) atoms. The molecule has 0 bridgehead atoms. The fourth-order valence-electron chi connectivity index (χ4n) is 6.60. The van der Waals surface area contributed by atoms with Crippen LogP contribution in [0, 0.1) is 0 Å². The molecule has 200 valence electrons. The second-order valence-electron chi connectivity index (χ2n) is 11.4. The number of rotatable bonds is 3. The van der Waals surface area contributed by atoms with E-state index in [2.05, 4.69) is 158 Å². The van der Waals surface area contributed by atoms with Gasteiger partial charge in [0.2, 0.25) is 0 Å². The molecule has 8 aromatic carbocycles. The molecule has 0 saturated heterocycles. The first-order valence-corrected chi connectivity index (χ1v) is 15.6. The molecule has 0 spiro atoms. The van der Waals surface area contributed by atoms with Gasteiger partial charge in [0, 0.05) is 25.6 Å². The van der Waals surface area contributed by atoms with Crippen LogP contribution in [0.2, 0.25) is 0 Å². The van der Waals surface area contributed by atoms with Crippen LogP contribution in [0.25, 0.3) is 85.9 Å². The summed E-state index contributed by atoms with van der Waals surface area (Å²) < 4.78 is 2.72. The minimum absolute atomic E-state index is 1.23. The summed E-state index contributed by atoms with van der Waals surface area (Å²) in [7, 11) is 0. The molecular weight excluding hydrogens is 537 g/mol. The standard InChI is InChI=1S/C42H26S/c1-2-8-30-23-32(18-15-27(30)7-1)35-22-21-33-24-31(19-20-34(33)25-35)28-13-16-29(17-14-28)39-26-40-37-10-5-6-12-41(37)43-42(40)38-11-4-3-9-36(38)39/h1-26H. The van der Waals surface area contributed by atoms with E-state index in [1.54, 1.807) is 0 Å². The van der Waals surface area contributed by atoms with E-state index < -0.39 is 0 Å². The highest BCUT2D eigenvalue weighted by molar-refractivity contribution is 7.26. The Morgan fingerprint density at radius 3 is 1.51 bits per heavy atom. The zero-order chi connectivity index (χ0) is 28.3. The van der Waals surface area contributed by atoms with Crippen molar-refractivity contribution in [3.63, 3.8) is 0 Å². The minimum atomic E-state index is 1.23. The van der Waals surface area contributed by atoms with Gasteiger partial charge in [0.15, 0.2) is 0 Å². The molecule has 0 atom stereocenters. The van der Waals surface area contributed by atoms with Gasteiger partial charge in [-0.25, -0.2) is 0 Å². The molecule has 0 nitrogen and oxygen atoms in total. The molecule has 1 heterocycles. The Balaban J connectivity index is 1.09. The van der Waals surface area contributed by atoms with Crippen molar-refractivity contribution in [2.45, 2.75) is 0 Å². The van der Waals surface area contributed by atoms with Gasteiger partial charge in [0.1, 0.15) is 0 Å². The molecule has 0 fully saturated rings. The number of thiophene rings is 1. The Kier molecular flexibility index (Phi) is 5.47. The van der Waals surface area contributed by atoms with Crippen LogP contribution < -0.4 is 0 Å². The van der Waals surface area contributed by atoms with E-state index in [4.69, 9.17) is 0 Å². The quantitative estimate of drug-likeness (QED) is 0.201. The summed E-state index contributed by atoms with van der Waals surface area (Å²) in [5.41, 5.74) is 7.51. The van der Waals surface area contributed by atoms with Crippen molar-refractivity contribution in [1.29, 1.82) is 0 Å². The lowest BCUT2D eigenvalue weighted by Crippen LogP contribution is -1.85. The molecule has 9 aromatic rings. The summed E-state index contributed by atoms with van der Waals surface area (Å²) in [6.45, 7) is 0. The van der Waals surface area contributed by atoms with E-state index >= 15 is 0 Å². The number of hydrogen-bond acceptors (Lipinski definition) is 1. The summed E-state index contributed by atoms with van der Waals surface area (Å²) in [6, 6.07) is 58.0. The summed E-state index contributed by atoms with van der Waals surface area (Å²) in [6.07, 6.45) is 0. The van der Waals surface area contributed by atoms with Crippen LogP contribution in [0.4, 0.5) is 0 Å². The average Bonchev–Trinajstić information content (AvgIpc) is 3.46. The lowest BCUT2D eigenvalue weighted by Gasteiger charge is -2.11. The van der Waals surface area contributed by atoms with Crippen molar-refractivity contribution >= 4 is 63.8 Å². The molecule has 1 aromatic heterocycles. The predicted octanol–water partition coefficient (Wildman–Crippen LogP) is 12.5. The smallest absolute Gasteiger partial charge is 0.0434 e. The SMILES string of the molecule is c1ccc2cc(-c3ccc4cc(-c5ccc(-c6cc7c8ccccc8sc7c7ccccc67)cc5)ccc4c3)ccc2c1. The van der Waals surface area contributed by atoms with Crippen LogP contribution in [0.3, 0.4) is 0 Å². The highest BCUT2D eigenvalue weighted by Crippen LogP contribution is 2.43. The van der Waals surface area contributed by atoms with Gasteiger partial charge in [-0.15, -0.1) is 11.3 Å². The van der Waals surface area contributed by atoms with E-state index in [1.807, 2.05) is 11.3 Å². The highest BCUT2D eigenvalue weighted by Gasteiger charge is 2.13. The molecule has 0 amide bonds. The third-order valence-electron chi connectivity index (χ3n) is 8.84. The summed E-state index contributed by atoms with van der Waals surface area (Å²) in [5.74, 6) is 0. The molecule has 0 saturated carbocycles. The molecule has 0 N–H and O–H groups in total. The Hall–Kier alpha value is -5.24. The Labute approximate surface area is 254 Å².